The van der Waals surface area contributed by atoms with Crippen LogP contribution in [0.2, 0.25) is 5.15 Å². The van der Waals surface area contributed by atoms with Gasteiger partial charge in [-0.15, -0.1) is 0 Å². The van der Waals surface area contributed by atoms with E-state index in [1.54, 1.807) is 0 Å². The van der Waals surface area contributed by atoms with Crippen molar-refractivity contribution in [2.45, 2.75) is 38.3 Å². The number of carbonyl (C=O) groups is 2. The number of hydrogen-bond acceptors (Lipinski definition) is 4. The molecule has 128 valence electrons. The number of nitrogens with zero attached hydrogens (tertiary/aromatic N) is 2. The highest BCUT2D eigenvalue weighted by atomic mass is 35.5. The summed E-state index contributed by atoms with van der Waals surface area (Å²) < 4.78 is 5.31. The average molecular weight is 345 g/mol. The number of ether oxygens (including phenoxy) is 1. The first-order chi connectivity index (χ1) is 11.0. The van der Waals surface area contributed by atoms with Crippen LogP contribution in [0.3, 0.4) is 0 Å². The number of aromatic amines is 1. The number of aromatic nitrogens is 2. The van der Waals surface area contributed by atoms with Gasteiger partial charge in [0.1, 0.15) is 0 Å². The molecule has 1 fully saturated rings. The number of likely N-dealkylation sites (tertiary alicyclic amines) is 1. The molecule has 0 saturated carbocycles. The summed E-state index contributed by atoms with van der Waals surface area (Å²) in [5.41, 5.74) is 0.739. The van der Waals surface area contributed by atoms with Gasteiger partial charge < -0.3 is 25.0 Å². The molecule has 3 N–H and O–H groups in total. The van der Waals surface area contributed by atoms with Crippen molar-refractivity contribution in [3.8, 4) is 0 Å². The largest absolute Gasteiger partial charge is 0.465 e. The van der Waals surface area contributed by atoms with Crippen molar-refractivity contribution in [2.75, 3.05) is 20.2 Å². The molecule has 1 aromatic heterocycles. The SMILES string of the molecule is CCCc1[nH]c(C(=O)N[C@H]2CCN(C(=O)O)C[C@H]2OC)nc1Cl. The Kier molecular flexibility index (Phi) is 5.84. The molecule has 0 aliphatic carbocycles. The monoisotopic (exact) mass is 344 g/mol. The first-order valence-corrected chi connectivity index (χ1v) is 7.90. The van der Waals surface area contributed by atoms with E-state index >= 15 is 0 Å². The van der Waals surface area contributed by atoms with E-state index in [4.69, 9.17) is 21.4 Å². The van der Waals surface area contributed by atoms with Crippen molar-refractivity contribution in [2.24, 2.45) is 0 Å². The average Bonchev–Trinajstić information content (AvgIpc) is 2.89. The molecule has 1 aliphatic rings. The Morgan fingerprint density at radius 2 is 2.30 bits per heavy atom. The van der Waals surface area contributed by atoms with E-state index in [-0.39, 0.29) is 24.3 Å². The molecular weight excluding hydrogens is 324 g/mol. The van der Waals surface area contributed by atoms with Crippen LogP contribution in [0.5, 0.6) is 0 Å². The number of carbonyl (C=O) groups excluding carboxylic acids is 1. The van der Waals surface area contributed by atoms with Gasteiger partial charge in [0.05, 0.1) is 24.4 Å². The van der Waals surface area contributed by atoms with E-state index in [0.717, 1.165) is 18.5 Å². The normalized spacial score (nSPS) is 21.3. The predicted molar refractivity (Wildman–Crippen MR) is 83.9 cm³/mol. The van der Waals surface area contributed by atoms with Crippen LogP contribution in [0.15, 0.2) is 0 Å². The van der Waals surface area contributed by atoms with Gasteiger partial charge in [-0.1, -0.05) is 24.9 Å². The van der Waals surface area contributed by atoms with Crippen LogP contribution >= 0.6 is 11.6 Å². The molecule has 0 bridgehead atoms. The van der Waals surface area contributed by atoms with Crippen molar-refractivity contribution >= 4 is 23.6 Å². The van der Waals surface area contributed by atoms with Gasteiger partial charge in [0.2, 0.25) is 0 Å². The molecule has 2 rings (SSSR count). The zero-order chi connectivity index (χ0) is 17.0. The van der Waals surface area contributed by atoms with Crippen LogP contribution in [-0.4, -0.2) is 64.3 Å². The summed E-state index contributed by atoms with van der Waals surface area (Å²) in [7, 11) is 1.50. The van der Waals surface area contributed by atoms with Crippen molar-refractivity contribution in [3.63, 3.8) is 0 Å². The lowest BCUT2D eigenvalue weighted by molar-refractivity contribution is 0.0100. The van der Waals surface area contributed by atoms with Crippen LogP contribution in [0.1, 0.15) is 36.1 Å². The number of hydrogen-bond donors (Lipinski definition) is 3. The number of methoxy groups -OCH3 is 1. The molecule has 0 radical (unpaired) electrons. The van der Waals surface area contributed by atoms with Gasteiger partial charge in [-0.2, -0.15) is 0 Å². The Bertz CT molecular complexity index is 577. The third-order valence-electron chi connectivity index (χ3n) is 3.89. The maximum Gasteiger partial charge on any atom is 0.407 e. The Labute approximate surface area is 139 Å². The zero-order valence-corrected chi connectivity index (χ0v) is 13.9. The highest BCUT2D eigenvalue weighted by Gasteiger charge is 2.33. The van der Waals surface area contributed by atoms with E-state index in [2.05, 4.69) is 15.3 Å². The summed E-state index contributed by atoms with van der Waals surface area (Å²) in [4.78, 5) is 31.6. The van der Waals surface area contributed by atoms with Crippen LogP contribution in [-0.2, 0) is 11.2 Å². The van der Waals surface area contributed by atoms with Crippen LogP contribution in [0.4, 0.5) is 4.79 Å². The Balaban J connectivity index is 2.01. The number of piperidine rings is 1. The lowest BCUT2D eigenvalue weighted by atomic mass is 10.0. The van der Waals surface area contributed by atoms with E-state index in [9.17, 15) is 9.59 Å². The third-order valence-corrected chi connectivity index (χ3v) is 4.20. The summed E-state index contributed by atoms with van der Waals surface area (Å²) in [6.07, 6.45) is 0.703. The molecule has 8 nitrogen and oxygen atoms in total. The molecule has 1 aromatic rings. The number of carboxylic acid groups (broad SMARTS) is 1. The molecule has 9 heteroatoms. The molecule has 2 heterocycles. The van der Waals surface area contributed by atoms with Crippen LogP contribution < -0.4 is 5.32 Å². The van der Waals surface area contributed by atoms with Gasteiger partial charge in [0.15, 0.2) is 11.0 Å². The van der Waals surface area contributed by atoms with E-state index < -0.39 is 12.2 Å². The number of nitrogens with one attached hydrogen (secondary N) is 2. The first-order valence-electron chi connectivity index (χ1n) is 7.52. The van der Waals surface area contributed by atoms with Gasteiger partial charge in [-0.25, -0.2) is 9.78 Å². The predicted octanol–water partition coefficient (Wildman–Crippen LogP) is 1.51. The molecule has 2 atom stereocenters. The maximum atomic E-state index is 12.3. The Hall–Kier alpha value is -1.80. The zero-order valence-electron chi connectivity index (χ0n) is 13.1. The van der Waals surface area contributed by atoms with Crippen molar-refractivity contribution < 1.29 is 19.4 Å². The van der Waals surface area contributed by atoms with Gasteiger partial charge in [0, 0.05) is 13.7 Å². The number of halogens is 1. The smallest absolute Gasteiger partial charge is 0.407 e. The molecule has 23 heavy (non-hydrogen) atoms. The van der Waals surface area contributed by atoms with Gasteiger partial charge in [-0.3, -0.25) is 4.79 Å². The number of imidazole rings is 1. The van der Waals surface area contributed by atoms with Crippen LogP contribution in [0, 0.1) is 0 Å². The highest BCUT2D eigenvalue weighted by Crippen LogP contribution is 2.17. The second-order valence-electron chi connectivity index (χ2n) is 5.48. The Morgan fingerprint density at radius 1 is 1.57 bits per heavy atom. The summed E-state index contributed by atoms with van der Waals surface area (Å²) in [5.74, 6) is -0.209. The van der Waals surface area contributed by atoms with Crippen LogP contribution in [0.25, 0.3) is 0 Å². The van der Waals surface area contributed by atoms with Gasteiger partial charge >= 0.3 is 6.09 Å². The van der Waals surface area contributed by atoms with Gasteiger partial charge in [0.25, 0.3) is 5.91 Å². The minimum absolute atomic E-state index is 0.161. The van der Waals surface area contributed by atoms with Crippen molar-refractivity contribution in [3.05, 3.63) is 16.7 Å². The lowest BCUT2D eigenvalue weighted by Gasteiger charge is -2.36. The minimum atomic E-state index is -0.987. The molecule has 0 spiro atoms. The molecular formula is C14H21ClN4O4. The second-order valence-corrected chi connectivity index (χ2v) is 5.83. The summed E-state index contributed by atoms with van der Waals surface area (Å²) in [6, 6.07) is -0.276. The quantitative estimate of drug-likeness (QED) is 0.750. The van der Waals surface area contributed by atoms with Crippen molar-refractivity contribution in [1.82, 2.24) is 20.2 Å². The molecule has 1 saturated heterocycles. The molecule has 0 unspecified atom stereocenters. The standard InChI is InChI=1S/C14H21ClN4O4/c1-3-4-9-11(15)18-12(16-9)13(20)17-8-5-6-19(14(21)22)7-10(8)23-2/h8,10H,3-7H2,1-2H3,(H,16,18)(H,17,20)(H,21,22)/t8-,10+/m0/s1. The topological polar surface area (TPSA) is 108 Å². The van der Waals surface area contributed by atoms with Crippen molar-refractivity contribution in [1.29, 1.82) is 0 Å². The fourth-order valence-electron chi connectivity index (χ4n) is 2.64. The van der Waals surface area contributed by atoms with E-state index in [0.29, 0.717) is 18.1 Å². The van der Waals surface area contributed by atoms with Gasteiger partial charge in [-0.05, 0) is 12.8 Å². The second kappa shape index (κ2) is 7.65. The third kappa shape index (κ3) is 4.14. The minimum Gasteiger partial charge on any atom is -0.465 e. The van der Waals surface area contributed by atoms with E-state index in [1.807, 2.05) is 6.92 Å². The summed E-state index contributed by atoms with van der Waals surface area (Å²) in [5, 5.41) is 12.2. The first kappa shape index (κ1) is 17.6. The molecule has 1 aliphatic heterocycles. The van der Waals surface area contributed by atoms with E-state index in [1.165, 1.54) is 12.0 Å². The number of amides is 2. The maximum absolute atomic E-state index is 12.3. The number of rotatable bonds is 5. The number of H-pyrrole nitrogens is 1. The number of aryl methyl sites for hydroxylation is 1. The molecule has 0 aromatic carbocycles. The highest BCUT2D eigenvalue weighted by molar-refractivity contribution is 6.30. The fraction of sp³-hybridized carbons (Fsp3) is 0.643. The summed E-state index contributed by atoms with van der Waals surface area (Å²) in [6.45, 7) is 2.58. The Morgan fingerprint density at radius 3 is 2.91 bits per heavy atom. The molecule has 2 amide bonds. The fourth-order valence-corrected chi connectivity index (χ4v) is 2.87. The summed E-state index contributed by atoms with van der Waals surface area (Å²) >= 11 is 6.00. The lowest BCUT2D eigenvalue weighted by Crippen LogP contribution is -2.55.